The van der Waals surface area contributed by atoms with Crippen molar-refractivity contribution in [3.8, 4) is 0 Å². The highest BCUT2D eigenvalue weighted by molar-refractivity contribution is 5.90. The van der Waals surface area contributed by atoms with E-state index in [4.69, 9.17) is 0 Å². The summed E-state index contributed by atoms with van der Waals surface area (Å²) in [5.41, 5.74) is 0.519. The number of carbonyl (C=O) groups is 1. The Morgan fingerprint density at radius 1 is 1.43 bits per heavy atom. The molecule has 5 heteroatoms. The molecule has 2 rings (SSSR count). The van der Waals surface area contributed by atoms with Gasteiger partial charge in [-0.15, -0.1) is 0 Å². The summed E-state index contributed by atoms with van der Waals surface area (Å²) in [7, 11) is 1.96. The number of piperidine rings is 1. The third-order valence-corrected chi connectivity index (χ3v) is 3.92. The fraction of sp³-hybridized carbons (Fsp3) is 0.562. The summed E-state index contributed by atoms with van der Waals surface area (Å²) in [5, 5.41) is 5.97. The third kappa shape index (κ3) is 5.10. The molecule has 0 spiro atoms. The van der Waals surface area contributed by atoms with Crippen molar-refractivity contribution in [2.75, 3.05) is 32.0 Å². The number of benzene rings is 1. The maximum Gasteiger partial charge on any atom is 0.225 e. The molecule has 4 nitrogen and oxygen atoms in total. The number of hydrogen-bond acceptors (Lipinski definition) is 3. The number of anilines is 1. The number of amides is 1. The van der Waals surface area contributed by atoms with Crippen molar-refractivity contribution >= 4 is 11.6 Å². The van der Waals surface area contributed by atoms with Gasteiger partial charge >= 0.3 is 0 Å². The number of halogens is 1. The van der Waals surface area contributed by atoms with E-state index >= 15 is 0 Å². The molecule has 1 saturated heterocycles. The van der Waals surface area contributed by atoms with Crippen molar-refractivity contribution in [3.05, 3.63) is 30.1 Å². The minimum Gasteiger partial charge on any atom is -0.326 e. The lowest BCUT2D eigenvalue weighted by molar-refractivity contribution is -0.116. The lowest BCUT2D eigenvalue weighted by Crippen LogP contribution is -2.45. The molecular formula is C16H24FN3O. The zero-order chi connectivity index (χ0) is 15.1. The lowest BCUT2D eigenvalue weighted by Gasteiger charge is -2.35. The number of nitrogens with zero attached hydrogens (tertiary/aromatic N) is 1. The van der Waals surface area contributed by atoms with Crippen LogP contribution in [0, 0.1) is 5.82 Å². The van der Waals surface area contributed by atoms with Crippen LogP contribution in [0.15, 0.2) is 24.3 Å². The minimum absolute atomic E-state index is 0.0608. The van der Waals surface area contributed by atoms with E-state index in [1.807, 2.05) is 7.05 Å². The number of nitrogens with one attached hydrogen (secondary N) is 2. The van der Waals surface area contributed by atoms with E-state index in [1.54, 1.807) is 12.1 Å². The molecule has 1 aromatic rings. The van der Waals surface area contributed by atoms with Crippen molar-refractivity contribution in [2.45, 2.75) is 31.7 Å². The Kier molecular flexibility index (Phi) is 6.14. The van der Waals surface area contributed by atoms with Crippen molar-refractivity contribution in [2.24, 2.45) is 0 Å². The average molecular weight is 293 g/mol. The average Bonchev–Trinajstić information content (AvgIpc) is 2.47. The largest absolute Gasteiger partial charge is 0.326 e. The maximum atomic E-state index is 13.1. The standard InChI is InChI=1S/C16H24FN3O/c1-18-12-15-7-2-3-9-20(15)10-8-16(21)19-14-6-4-5-13(17)11-14/h4-6,11,15,18H,2-3,7-10,12H2,1H3,(H,19,21). The van der Waals surface area contributed by atoms with Gasteiger partial charge in [0.25, 0.3) is 0 Å². The molecule has 1 aromatic carbocycles. The van der Waals surface area contributed by atoms with E-state index in [9.17, 15) is 9.18 Å². The Morgan fingerprint density at radius 3 is 3.05 bits per heavy atom. The molecule has 1 amide bonds. The van der Waals surface area contributed by atoms with Crippen molar-refractivity contribution in [3.63, 3.8) is 0 Å². The van der Waals surface area contributed by atoms with E-state index in [0.29, 0.717) is 18.2 Å². The number of likely N-dealkylation sites (N-methyl/N-ethyl adjacent to an activating group) is 1. The number of carbonyl (C=O) groups excluding carboxylic acids is 1. The molecule has 0 bridgehead atoms. The number of rotatable bonds is 6. The van der Waals surface area contributed by atoms with Crippen LogP contribution < -0.4 is 10.6 Å². The molecule has 0 aromatic heterocycles. The van der Waals surface area contributed by atoms with E-state index in [1.165, 1.54) is 31.4 Å². The summed E-state index contributed by atoms with van der Waals surface area (Å²) in [4.78, 5) is 14.3. The highest BCUT2D eigenvalue weighted by atomic mass is 19.1. The Bertz CT molecular complexity index is 465. The Labute approximate surface area is 125 Å². The van der Waals surface area contributed by atoms with Gasteiger partial charge in [0, 0.05) is 31.2 Å². The van der Waals surface area contributed by atoms with E-state index in [2.05, 4.69) is 15.5 Å². The Hall–Kier alpha value is -1.46. The molecule has 0 saturated carbocycles. The van der Waals surface area contributed by atoms with Gasteiger partial charge in [-0.25, -0.2) is 4.39 Å². The summed E-state index contributed by atoms with van der Waals surface area (Å²) in [6.07, 6.45) is 4.09. The molecule has 0 radical (unpaired) electrons. The monoisotopic (exact) mass is 293 g/mol. The van der Waals surface area contributed by atoms with Crippen LogP contribution in [0.2, 0.25) is 0 Å². The Balaban J connectivity index is 1.79. The van der Waals surface area contributed by atoms with Crippen LogP contribution in [0.4, 0.5) is 10.1 Å². The van der Waals surface area contributed by atoms with Gasteiger partial charge in [-0.05, 0) is 44.6 Å². The first-order chi connectivity index (χ1) is 10.2. The second-order valence-electron chi connectivity index (χ2n) is 5.55. The quantitative estimate of drug-likeness (QED) is 0.845. The predicted octanol–water partition coefficient (Wildman–Crippen LogP) is 2.23. The highest BCUT2D eigenvalue weighted by Crippen LogP contribution is 2.17. The number of likely N-dealkylation sites (tertiary alicyclic amines) is 1. The molecule has 1 aliphatic heterocycles. The second kappa shape index (κ2) is 8.10. The highest BCUT2D eigenvalue weighted by Gasteiger charge is 2.21. The first kappa shape index (κ1) is 15.9. The molecule has 1 fully saturated rings. The van der Waals surface area contributed by atoms with Crippen molar-refractivity contribution in [1.82, 2.24) is 10.2 Å². The SMILES string of the molecule is CNCC1CCCCN1CCC(=O)Nc1cccc(F)c1. The third-order valence-electron chi connectivity index (χ3n) is 3.92. The van der Waals surface area contributed by atoms with E-state index in [-0.39, 0.29) is 11.7 Å². The lowest BCUT2D eigenvalue weighted by atomic mass is 10.0. The summed E-state index contributed by atoms with van der Waals surface area (Å²) in [6, 6.07) is 6.52. The van der Waals surface area contributed by atoms with Crippen molar-refractivity contribution < 1.29 is 9.18 Å². The van der Waals surface area contributed by atoms with Gasteiger partial charge in [0.05, 0.1) is 0 Å². The van der Waals surface area contributed by atoms with Crippen LogP contribution in [0.1, 0.15) is 25.7 Å². The van der Waals surface area contributed by atoms with Gasteiger partial charge in [0.15, 0.2) is 0 Å². The zero-order valence-electron chi connectivity index (χ0n) is 12.6. The molecule has 21 heavy (non-hydrogen) atoms. The van der Waals surface area contributed by atoms with Crippen molar-refractivity contribution in [1.29, 1.82) is 0 Å². The van der Waals surface area contributed by atoms with Gasteiger partial charge < -0.3 is 10.6 Å². The molecule has 1 aliphatic rings. The van der Waals surface area contributed by atoms with Crippen LogP contribution in [0.3, 0.4) is 0 Å². The van der Waals surface area contributed by atoms with Crippen LogP contribution in [0.25, 0.3) is 0 Å². The van der Waals surface area contributed by atoms with Crippen LogP contribution in [0.5, 0.6) is 0 Å². The molecule has 1 unspecified atom stereocenters. The van der Waals surface area contributed by atoms with Gasteiger partial charge in [0.1, 0.15) is 5.82 Å². The molecular weight excluding hydrogens is 269 g/mol. The summed E-state index contributed by atoms with van der Waals surface area (Å²) in [6.45, 7) is 2.78. The molecule has 1 atom stereocenters. The van der Waals surface area contributed by atoms with Crippen LogP contribution >= 0.6 is 0 Å². The topological polar surface area (TPSA) is 44.4 Å². The van der Waals surface area contributed by atoms with Crippen LogP contribution in [-0.4, -0.2) is 43.5 Å². The number of hydrogen-bond donors (Lipinski definition) is 2. The van der Waals surface area contributed by atoms with Gasteiger partial charge in [-0.2, -0.15) is 0 Å². The fourth-order valence-corrected chi connectivity index (χ4v) is 2.86. The zero-order valence-corrected chi connectivity index (χ0v) is 12.6. The Morgan fingerprint density at radius 2 is 2.29 bits per heavy atom. The first-order valence-electron chi connectivity index (χ1n) is 7.63. The first-order valence-corrected chi connectivity index (χ1v) is 7.63. The summed E-state index contributed by atoms with van der Waals surface area (Å²) in [5.74, 6) is -0.396. The maximum absolute atomic E-state index is 13.1. The van der Waals surface area contributed by atoms with Gasteiger partial charge in [-0.3, -0.25) is 9.69 Å². The smallest absolute Gasteiger partial charge is 0.225 e. The fourth-order valence-electron chi connectivity index (χ4n) is 2.86. The molecule has 1 heterocycles. The molecule has 0 aliphatic carbocycles. The van der Waals surface area contributed by atoms with E-state index < -0.39 is 0 Å². The summed E-state index contributed by atoms with van der Waals surface area (Å²) < 4.78 is 13.1. The van der Waals surface area contributed by atoms with E-state index in [0.717, 1.165) is 19.6 Å². The molecule has 2 N–H and O–H groups in total. The van der Waals surface area contributed by atoms with Gasteiger partial charge in [0.2, 0.25) is 5.91 Å². The van der Waals surface area contributed by atoms with Gasteiger partial charge in [-0.1, -0.05) is 12.5 Å². The minimum atomic E-state index is -0.335. The van der Waals surface area contributed by atoms with Crippen LogP contribution in [-0.2, 0) is 4.79 Å². The predicted molar refractivity (Wildman–Crippen MR) is 82.8 cm³/mol. The summed E-state index contributed by atoms with van der Waals surface area (Å²) >= 11 is 0. The second-order valence-corrected chi connectivity index (χ2v) is 5.55. The normalized spacial score (nSPS) is 19.4. The molecule has 116 valence electrons.